The van der Waals surface area contributed by atoms with Gasteiger partial charge in [0.05, 0.1) is 6.61 Å². The Morgan fingerprint density at radius 2 is 1.38 bits per heavy atom. The Hall–Kier alpha value is -2.27. The highest BCUT2D eigenvalue weighted by atomic mass is 16.5. The van der Waals surface area contributed by atoms with Gasteiger partial charge in [-0.05, 0) is 24.5 Å². The van der Waals surface area contributed by atoms with Gasteiger partial charge in [-0.15, -0.1) is 10.2 Å². The highest BCUT2D eigenvalue weighted by molar-refractivity contribution is 5.73. The molecular formula is C29H58N6O5. The Labute approximate surface area is 242 Å². The van der Waals surface area contributed by atoms with Crippen LogP contribution in [0.4, 0.5) is 4.79 Å². The molecule has 0 aromatic carbocycles. The molecule has 11 heteroatoms. The van der Waals surface area contributed by atoms with E-state index in [1.807, 2.05) is 0 Å². The van der Waals surface area contributed by atoms with Crippen molar-refractivity contribution in [1.82, 2.24) is 25.5 Å². The second-order valence-corrected chi connectivity index (χ2v) is 10.9. The Morgan fingerprint density at radius 3 is 1.73 bits per heavy atom. The van der Waals surface area contributed by atoms with Crippen molar-refractivity contribution in [2.24, 2.45) is 11.7 Å². The van der Waals surface area contributed by atoms with E-state index in [4.69, 9.17) is 15.6 Å². The Bertz CT molecular complexity index is 746. The van der Waals surface area contributed by atoms with Gasteiger partial charge < -0.3 is 26.0 Å². The zero-order valence-corrected chi connectivity index (χ0v) is 25.7. The van der Waals surface area contributed by atoms with Gasteiger partial charge in [0.1, 0.15) is 18.7 Å². The lowest BCUT2D eigenvalue weighted by Gasteiger charge is -2.13. The van der Waals surface area contributed by atoms with Gasteiger partial charge in [-0.3, -0.25) is 4.79 Å². The minimum absolute atomic E-state index is 0.0110. The molecular weight excluding hydrogens is 512 g/mol. The number of carbonyl (C=O) groups excluding carboxylic acids is 1. The van der Waals surface area contributed by atoms with Crippen LogP contribution in [0.15, 0.2) is 0 Å². The van der Waals surface area contributed by atoms with Crippen molar-refractivity contribution in [3.05, 3.63) is 5.82 Å². The minimum Gasteiger partial charge on any atom is -0.480 e. The van der Waals surface area contributed by atoms with E-state index in [-0.39, 0.29) is 19.1 Å². The van der Waals surface area contributed by atoms with E-state index >= 15 is 0 Å². The lowest BCUT2D eigenvalue weighted by molar-refractivity contribution is -0.139. The maximum atomic E-state index is 11.8. The maximum Gasteiger partial charge on any atom is 0.407 e. The van der Waals surface area contributed by atoms with E-state index in [2.05, 4.69) is 27.7 Å². The van der Waals surface area contributed by atoms with E-state index in [9.17, 15) is 14.7 Å². The third-order valence-electron chi connectivity index (χ3n) is 6.78. The standard InChI is InChI=1S/C24H47N5O3.C5H11NO2/c1-3-4-5-6-7-8-9-10-11-12-13-14-15-16-17-18-19-25-24(31)32-21-23(20-30)29-27-22(2)26-28-29;1-3(2)4(6)5(7)8/h23,30H,3-21H2,1-2H3,(H,25,31);3-4H,6H2,1-2H3,(H,7,8)/t;4-/m.0/s1. The average Bonchev–Trinajstić information content (AvgIpc) is 3.36. The van der Waals surface area contributed by atoms with E-state index in [0.29, 0.717) is 12.4 Å². The van der Waals surface area contributed by atoms with E-state index in [0.717, 1.165) is 12.8 Å². The summed E-state index contributed by atoms with van der Waals surface area (Å²) < 4.78 is 5.15. The molecule has 1 heterocycles. The van der Waals surface area contributed by atoms with Crippen LogP contribution in [-0.4, -0.2) is 68.3 Å². The third kappa shape index (κ3) is 21.5. The number of aryl methyl sites for hydroxylation is 1. The van der Waals surface area contributed by atoms with Crippen LogP contribution in [0.3, 0.4) is 0 Å². The summed E-state index contributed by atoms with van der Waals surface area (Å²) in [4.78, 5) is 23.1. The predicted molar refractivity (Wildman–Crippen MR) is 158 cm³/mol. The number of aromatic nitrogens is 4. The summed E-state index contributed by atoms with van der Waals surface area (Å²) in [6, 6.07) is -1.23. The highest BCUT2D eigenvalue weighted by Crippen LogP contribution is 2.13. The van der Waals surface area contributed by atoms with Crippen LogP contribution >= 0.6 is 0 Å². The summed E-state index contributed by atoms with van der Waals surface area (Å²) in [6.45, 7) is 7.94. The molecule has 0 saturated carbocycles. The van der Waals surface area contributed by atoms with Gasteiger partial charge in [-0.2, -0.15) is 4.80 Å². The number of unbranched alkanes of at least 4 members (excludes halogenated alkanes) is 15. The lowest BCUT2D eigenvalue weighted by Crippen LogP contribution is -2.34. The van der Waals surface area contributed by atoms with Gasteiger partial charge in [0.25, 0.3) is 0 Å². The van der Waals surface area contributed by atoms with Crippen molar-refractivity contribution in [3.63, 3.8) is 0 Å². The Kier molecular flexibility index (Phi) is 24.2. The van der Waals surface area contributed by atoms with Gasteiger partial charge in [0, 0.05) is 6.54 Å². The molecule has 0 fully saturated rings. The normalized spacial score (nSPS) is 12.5. The van der Waals surface area contributed by atoms with Crippen molar-refractivity contribution in [1.29, 1.82) is 0 Å². The summed E-state index contributed by atoms with van der Waals surface area (Å²) in [5, 5.41) is 32.0. The fourth-order valence-electron chi connectivity index (χ4n) is 4.02. The highest BCUT2D eigenvalue weighted by Gasteiger charge is 2.16. The number of nitrogens with zero attached hydrogens (tertiary/aromatic N) is 4. The number of alkyl carbamates (subject to hydrolysis) is 1. The molecule has 5 N–H and O–H groups in total. The fourth-order valence-corrected chi connectivity index (χ4v) is 4.02. The van der Waals surface area contributed by atoms with Gasteiger partial charge in [-0.25, -0.2) is 4.79 Å². The molecule has 1 amide bonds. The first kappa shape index (κ1) is 37.7. The van der Waals surface area contributed by atoms with Crippen molar-refractivity contribution in [3.8, 4) is 0 Å². The molecule has 0 aliphatic carbocycles. The molecule has 1 aromatic rings. The molecule has 0 spiro atoms. The van der Waals surface area contributed by atoms with Gasteiger partial charge >= 0.3 is 12.1 Å². The molecule has 0 saturated heterocycles. The summed E-state index contributed by atoms with van der Waals surface area (Å²) in [5.41, 5.74) is 5.16. The number of nitrogens with one attached hydrogen (secondary N) is 1. The van der Waals surface area contributed by atoms with Gasteiger partial charge in [0.15, 0.2) is 5.82 Å². The van der Waals surface area contributed by atoms with Crippen molar-refractivity contribution >= 4 is 12.1 Å². The number of rotatable bonds is 23. The van der Waals surface area contributed by atoms with Crippen LogP contribution < -0.4 is 11.1 Å². The topological polar surface area (TPSA) is 165 Å². The smallest absolute Gasteiger partial charge is 0.407 e. The number of aliphatic hydroxyl groups excluding tert-OH is 1. The number of carbonyl (C=O) groups is 2. The Morgan fingerprint density at radius 1 is 0.900 bits per heavy atom. The second kappa shape index (κ2) is 25.7. The number of tetrazole rings is 1. The molecule has 1 unspecified atom stereocenters. The average molecular weight is 571 g/mol. The number of aliphatic carboxylic acids is 1. The zero-order valence-electron chi connectivity index (χ0n) is 25.7. The summed E-state index contributed by atoms with van der Waals surface area (Å²) in [7, 11) is 0. The molecule has 0 radical (unpaired) electrons. The quantitative estimate of drug-likeness (QED) is 0.123. The number of carboxylic acids is 1. The lowest BCUT2D eigenvalue weighted by atomic mass is 10.0. The molecule has 11 nitrogen and oxygen atoms in total. The number of ether oxygens (including phenoxy) is 1. The number of hydrogen-bond donors (Lipinski definition) is 4. The van der Waals surface area contributed by atoms with E-state index in [1.54, 1.807) is 20.8 Å². The van der Waals surface area contributed by atoms with Crippen LogP contribution in [0.25, 0.3) is 0 Å². The first-order valence-corrected chi connectivity index (χ1v) is 15.5. The molecule has 234 valence electrons. The fraction of sp³-hybridized carbons (Fsp3) is 0.897. The van der Waals surface area contributed by atoms with Gasteiger partial charge in [-0.1, -0.05) is 117 Å². The van der Waals surface area contributed by atoms with Gasteiger partial charge in [0.2, 0.25) is 0 Å². The summed E-state index contributed by atoms with van der Waals surface area (Å²) >= 11 is 0. The Balaban J connectivity index is 0.00000165. The maximum absolute atomic E-state index is 11.8. The summed E-state index contributed by atoms with van der Waals surface area (Å²) in [6.07, 6.45) is 20.8. The van der Waals surface area contributed by atoms with Crippen molar-refractivity contribution < 1.29 is 24.5 Å². The molecule has 1 rings (SSSR count). The minimum atomic E-state index is -0.931. The number of hydrogen-bond acceptors (Lipinski definition) is 8. The van der Waals surface area contributed by atoms with Crippen molar-refractivity contribution in [2.45, 2.75) is 143 Å². The first-order chi connectivity index (χ1) is 19.2. The monoisotopic (exact) mass is 570 g/mol. The third-order valence-corrected chi connectivity index (χ3v) is 6.78. The summed E-state index contributed by atoms with van der Waals surface area (Å²) in [5.74, 6) is -0.399. The zero-order chi connectivity index (χ0) is 30.0. The SMILES string of the molecule is CC(C)[C@H](N)C(=O)O.CCCCCCCCCCCCCCCCCCNC(=O)OCC(CO)n1nnc(C)n1. The number of aliphatic hydroxyl groups is 1. The largest absolute Gasteiger partial charge is 0.480 e. The predicted octanol–water partition coefficient (Wildman–Crippen LogP) is 5.56. The van der Waals surface area contributed by atoms with Crippen molar-refractivity contribution in [2.75, 3.05) is 19.8 Å². The molecule has 1 aromatic heterocycles. The molecule has 40 heavy (non-hydrogen) atoms. The van der Waals surface area contributed by atoms with Crippen LogP contribution in [0.5, 0.6) is 0 Å². The first-order valence-electron chi connectivity index (χ1n) is 15.5. The number of amides is 1. The van der Waals surface area contributed by atoms with Crippen LogP contribution in [0, 0.1) is 12.8 Å². The number of carboxylic acid groups (broad SMARTS) is 1. The van der Waals surface area contributed by atoms with E-state index < -0.39 is 24.1 Å². The van der Waals surface area contributed by atoms with Crippen LogP contribution in [0.1, 0.15) is 135 Å². The molecule has 2 atom stereocenters. The molecule has 0 aliphatic rings. The molecule has 0 aliphatic heterocycles. The second-order valence-electron chi connectivity index (χ2n) is 10.9. The van der Waals surface area contributed by atoms with Crippen LogP contribution in [0.2, 0.25) is 0 Å². The van der Waals surface area contributed by atoms with E-state index in [1.165, 1.54) is 94.7 Å². The number of nitrogens with two attached hydrogens (primary N) is 1. The van der Waals surface area contributed by atoms with Crippen LogP contribution in [-0.2, 0) is 9.53 Å². The molecule has 0 bridgehead atoms.